The van der Waals surface area contributed by atoms with Gasteiger partial charge in [-0.15, -0.1) is 0 Å². The van der Waals surface area contributed by atoms with Crippen molar-refractivity contribution in [2.24, 2.45) is 5.41 Å². The fraction of sp³-hybridized carbons (Fsp3) is 0.708. The highest BCUT2D eigenvalue weighted by molar-refractivity contribution is 7.98. The summed E-state index contributed by atoms with van der Waals surface area (Å²) in [4.78, 5) is 74.9. The number of aliphatic hydroxyl groups is 2. The van der Waals surface area contributed by atoms with Crippen LogP contribution < -0.4 is 16.4 Å². The van der Waals surface area contributed by atoms with Crippen molar-refractivity contribution < 1.29 is 75.7 Å². The normalized spacial score (nSPS) is 22.3. The average molecular weight is 812 g/mol. The van der Waals surface area contributed by atoms with Gasteiger partial charge in [0, 0.05) is 30.7 Å². The highest BCUT2D eigenvalue weighted by Crippen LogP contribution is 2.61. The highest BCUT2D eigenvalue weighted by atomic mass is 32.2. The summed E-state index contributed by atoms with van der Waals surface area (Å²) >= 11 is 1.53. The number of fused-ring (bicyclic) bond motifs is 1. The average Bonchev–Trinajstić information content (AvgIpc) is 3.60. The summed E-state index contributed by atoms with van der Waals surface area (Å²) in [6.07, 6.45) is -4.82. The smallest absolute Gasteiger partial charge is 0.386 e. The van der Waals surface area contributed by atoms with Crippen molar-refractivity contribution in [2.45, 2.75) is 64.8 Å². The van der Waals surface area contributed by atoms with Gasteiger partial charge in [0.25, 0.3) is 0 Å². The monoisotopic (exact) mass is 811 g/mol. The quantitative estimate of drug-likeness (QED) is 0.0655. The van der Waals surface area contributed by atoms with Gasteiger partial charge >= 0.3 is 23.5 Å². The molecule has 292 valence electrons. The fourth-order valence-corrected chi connectivity index (χ4v) is 7.37. The van der Waals surface area contributed by atoms with Crippen LogP contribution in [0.25, 0.3) is 11.2 Å². The van der Waals surface area contributed by atoms with Gasteiger partial charge in [0.1, 0.15) is 36.3 Å². The number of phosphoric acid groups is 3. The van der Waals surface area contributed by atoms with Crippen LogP contribution in [0.2, 0.25) is 0 Å². The molecule has 2 aromatic rings. The molecular weight excluding hydrogens is 767 g/mol. The van der Waals surface area contributed by atoms with Crippen LogP contribution >= 0.6 is 35.2 Å². The maximum atomic E-state index is 12.6. The Morgan fingerprint density at radius 2 is 1.73 bits per heavy atom. The molecule has 27 heteroatoms. The predicted octanol–water partition coefficient (Wildman–Crippen LogP) is -0.206. The maximum absolute atomic E-state index is 12.6. The molecule has 51 heavy (non-hydrogen) atoms. The van der Waals surface area contributed by atoms with Crippen LogP contribution in [0.3, 0.4) is 0 Å². The first kappa shape index (κ1) is 45.0. The Hall–Kier alpha value is -2.11. The molecular formula is C24H44N7O16P3S. The van der Waals surface area contributed by atoms with Crippen molar-refractivity contribution in [2.75, 3.05) is 44.0 Å². The van der Waals surface area contributed by atoms with Gasteiger partial charge in [-0.05, 0) is 6.26 Å². The first-order valence-electron chi connectivity index (χ1n) is 15.0. The highest BCUT2D eigenvalue weighted by Gasteiger charge is 2.50. The molecule has 0 bridgehead atoms. The van der Waals surface area contributed by atoms with Gasteiger partial charge in [0.2, 0.25) is 11.8 Å². The van der Waals surface area contributed by atoms with E-state index in [1.165, 1.54) is 25.6 Å². The van der Waals surface area contributed by atoms with Gasteiger partial charge in [-0.3, -0.25) is 27.7 Å². The molecule has 1 fully saturated rings. The number of rotatable bonds is 19. The van der Waals surface area contributed by atoms with Crippen molar-refractivity contribution in [3.05, 3.63) is 12.7 Å². The second-order valence-electron chi connectivity index (χ2n) is 11.1. The van der Waals surface area contributed by atoms with Crippen LogP contribution in [0, 0.1) is 5.41 Å². The number of aliphatic hydroxyl groups excluding tert-OH is 2. The molecule has 3 rings (SSSR count). The number of anilines is 1. The number of amides is 2. The number of ether oxygens (including phenoxy) is 1. The number of hydrogen-bond donors (Lipinski definition) is 9. The lowest BCUT2D eigenvalue weighted by Crippen LogP contribution is -2.46. The van der Waals surface area contributed by atoms with Gasteiger partial charge in [0.05, 0.1) is 19.5 Å². The van der Waals surface area contributed by atoms with E-state index in [4.69, 9.17) is 19.5 Å². The van der Waals surface area contributed by atoms with Gasteiger partial charge in [-0.25, -0.2) is 28.6 Å². The van der Waals surface area contributed by atoms with Crippen LogP contribution in [0.15, 0.2) is 12.7 Å². The van der Waals surface area contributed by atoms with Crippen LogP contribution in [-0.4, -0.2) is 124 Å². The summed E-state index contributed by atoms with van der Waals surface area (Å²) in [5.74, 6) is -0.590. The molecule has 0 saturated carbocycles. The van der Waals surface area contributed by atoms with Crippen molar-refractivity contribution in [3.63, 3.8) is 0 Å². The second kappa shape index (κ2) is 19.3. The van der Waals surface area contributed by atoms with E-state index in [-0.39, 0.29) is 35.9 Å². The molecule has 7 atom stereocenters. The summed E-state index contributed by atoms with van der Waals surface area (Å²) < 4.78 is 61.8. The van der Waals surface area contributed by atoms with Crippen LogP contribution in [0.5, 0.6) is 0 Å². The zero-order valence-corrected chi connectivity index (χ0v) is 31.7. The van der Waals surface area contributed by atoms with Crippen molar-refractivity contribution >= 4 is 64.0 Å². The number of hydrogen-bond acceptors (Lipinski definition) is 17. The summed E-state index contributed by atoms with van der Waals surface area (Å²) in [5, 5.41) is 26.3. The van der Waals surface area contributed by atoms with E-state index in [1.54, 1.807) is 0 Å². The second-order valence-corrected chi connectivity index (χ2v) is 16.3. The van der Waals surface area contributed by atoms with Crippen molar-refractivity contribution in [1.29, 1.82) is 0 Å². The molecule has 7 unspecified atom stereocenters. The number of nitrogens with two attached hydrogens (primary N) is 1. The third-order valence-electron chi connectivity index (χ3n) is 6.71. The molecule has 2 aromatic heterocycles. The fourth-order valence-electron chi connectivity index (χ4n) is 4.23. The number of nitrogens with one attached hydrogen (secondary N) is 2. The van der Waals surface area contributed by atoms with E-state index < -0.39 is 78.6 Å². The summed E-state index contributed by atoms with van der Waals surface area (Å²) in [6.45, 7) is 4.90. The topological polar surface area (TPSA) is 347 Å². The Labute approximate surface area is 296 Å². The molecule has 1 aliphatic rings. The first-order valence-corrected chi connectivity index (χ1v) is 21.0. The zero-order chi connectivity index (χ0) is 38.8. The van der Waals surface area contributed by atoms with Crippen molar-refractivity contribution in [3.8, 4) is 0 Å². The number of carbonyl (C=O) groups is 2. The first-order chi connectivity index (χ1) is 23.7. The zero-order valence-electron chi connectivity index (χ0n) is 28.2. The number of nitrogens with zero attached hydrogens (tertiary/aromatic N) is 4. The van der Waals surface area contributed by atoms with E-state index in [9.17, 15) is 53.1 Å². The van der Waals surface area contributed by atoms with E-state index >= 15 is 0 Å². The van der Waals surface area contributed by atoms with Gasteiger partial charge < -0.3 is 50.9 Å². The Bertz CT molecular complexity index is 1610. The third kappa shape index (κ3) is 13.7. The molecule has 2 amide bonds. The molecule has 0 radical (unpaired) electrons. The molecule has 1 aliphatic heterocycles. The predicted molar refractivity (Wildman–Crippen MR) is 179 cm³/mol. The number of nitrogen functional groups attached to an aromatic ring is 1. The van der Waals surface area contributed by atoms with Gasteiger partial charge in [-0.2, -0.15) is 16.1 Å². The number of aromatic nitrogens is 4. The van der Waals surface area contributed by atoms with Gasteiger partial charge in [0.15, 0.2) is 17.7 Å². The van der Waals surface area contributed by atoms with Crippen molar-refractivity contribution in [1.82, 2.24) is 30.2 Å². The van der Waals surface area contributed by atoms with E-state index in [1.807, 2.05) is 20.1 Å². The Morgan fingerprint density at radius 3 is 2.35 bits per heavy atom. The minimum Gasteiger partial charge on any atom is -0.386 e. The molecule has 0 aromatic carbocycles. The summed E-state index contributed by atoms with van der Waals surface area (Å²) in [7, 11) is -16.3. The van der Waals surface area contributed by atoms with Crippen LogP contribution in [0.1, 0.15) is 40.3 Å². The Balaban J connectivity index is 0.00000442. The molecule has 3 heterocycles. The molecule has 1 saturated heterocycles. The summed E-state index contributed by atoms with van der Waals surface area (Å²) in [5.41, 5.74) is 4.31. The minimum absolute atomic E-state index is 0.0345. The molecule has 0 spiro atoms. The van der Waals surface area contributed by atoms with E-state index in [0.29, 0.717) is 12.3 Å². The Morgan fingerprint density at radius 1 is 1.08 bits per heavy atom. The van der Waals surface area contributed by atoms with Gasteiger partial charge in [-0.1, -0.05) is 27.7 Å². The standard InChI is InChI=1S/C22H38N7O16P3S.C2H6/c1-22(2,17(32)20(33)25-5-4-13(30)24-6-7-49-3)9-42-48(39,40)45-47(37,38)41-8-12-16(44-46(34,35)36)15(31)21(43-12)29-11-28-14-18(23)26-10-27-19(14)29;1-2/h10-12,15-17,21,31-32H,4-9H2,1-3H3,(H,24,30)(H,25,33)(H,37,38)(H,39,40)(H2,23,26,27)(H2,34,35,36);1-2H3. The summed E-state index contributed by atoms with van der Waals surface area (Å²) in [6, 6.07) is 0. The Kier molecular flexibility index (Phi) is 17.0. The number of carbonyl (C=O) groups excluding carboxylic acids is 2. The number of phosphoric ester groups is 3. The van der Waals surface area contributed by atoms with Crippen LogP contribution in [0.4, 0.5) is 5.82 Å². The molecule has 0 aliphatic carbocycles. The minimum atomic E-state index is -5.54. The number of imidazole rings is 1. The van der Waals surface area contributed by atoms with E-state index in [2.05, 4.69) is 34.4 Å². The molecule has 10 N–H and O–H groups in total. The largest absolute Gasteiger partial charge is 0.481 e. The van der Waals surface area contributed by atoms with Crippen LogP contribution in [-0.2, 0) is 45.9 Å². The third-order valence-corrected chi connectivity index (χ3v) is 10.4. The molecule has 23 nitrogen and oxygen atoms in total. The lowest BCUT2D eigenvalue weighted by molar-refractivity contribution is -0.137. The SMILES string of the molecule is CC.CSCCNC(=O)CCNC(=O)C(O)C(C)(C)COP(=O)(O)OP(=O)(O)OCC1OC(n2cnc3c(N)ncnc32)C(O)C1OP(=O)(O)O. The lowest BCUT2D eigenvalue weighted by Gasteiger charge is -2.30. The number of thioether (sulfide) groups is 1. The lowest BCUT2D eigenvalue weighted by atomic mass is 9.87. The maximum Gasteiger partial charge on any atom is 0.481 e. The van der Waals surface area contributed by atoms with E-state index in [0.717, 1.165) is 17.2 Å².